The summed E-state index contributed by atoms with van der Waals surface area (Å²) in [5.74, 6) is 5.98. The van der Waals surface area contributed by atoms with E-state index >= 15 is 0 Å². The monoisotopic (exact) mass is 175 g/mol. The summed E-state index contributed by atoms with van der Waals surface area (Å²) in [5, 5.41) is 9.46. The Hall–Kier alpha value is -1.46. The van der Waals surface area contributed by atoms with Crippen molar-refractivity contribution in [3.05, 3.63) is 29.3 Å². The molecule has 1 rings (SSSR count). The Morgan fingerprint density at radius 1 is 1.46 bits per heavy atom. The van der Waals surface area contributed by atoms with Gasteiger partial charge in [-0.2, -0.15) is 0 Å². The molecule has 0 aliphatic heterocycles. The Bertz CT molecular complexity index is 347. The number of benzene rings is 1. The number of nitrogens with two attached hydrogens (primary N) is 1. The van der Waals surface area contributed by atoms with Crippen molar-refractivity contribution in [1.82, 2.24) is 0 Å². The standard InChI is InChI=1S/C11H13NO/c1-9-5-6-10(11(13)8-9)4-2-3-7-12/h5-6,8,13H,3,7,12H2,1H3. The molecule has 0 atom stereocenters. The van der Waals surface area contributed by atoms with Crippen molar-refractivity contribution in [3.63, 3.8) is 0 Å². The summed E-state index contributed by atoms with van der Waals surface area (Å²) in [7, 11) is 0. The fraction of sp³-hybridized carbons (Fsp3) is 0.273. The molecule has 0 amide bonds. The fourth-order valence-electron chi connectivity index (χ4n) is 0.977. The average Bonchev–Trinajstić information content (AvgIpc) is 2.09. The van der Waals surface area contributed by atoms with E-state index in [9.17, 15) is 5.11 Å². The Kier molecular flexibility index (Phi) is 3.36. The lowest BCUT2D eigenvalue weighted by atomic mass is 10.1. The summed E-state index contributed by atoms with van der Waals surface area (Å²) in [4.78, 5) is 0. The first kappa shape index (κ1) is 9.63. The first-order chi connectivity index (χ1) is 6.24. The van der Waals surface area contributed by atoms with Gasteiger partial charge in [0.25, 0.3) is 0 Å². The Morgan fingerprint density at radius 3 is 2.85 bits per heavy atom. The molecule has 0 bridgehead atoms. The Labute approximate surface area is 78.4 Å². The first-order valence-corrected chi connectivity index (χ1v) is 4.22. The predicted molar refractivity (Wildman–Crippen MR) is 53.4 cm³/mol. The second kappa shape index (κ2) is 4.54. The SMILES string of the molecule is Cc1ccc(C#CCCN)c(O)c1. The third-order valence-corrected chi connectivity index (χ3v) is 1.65. The van der Waals surface area contributed by atoms with E-state index in [0.29, 0.717) is 18.5 Å². The second-order valence-corrected chi connectivity index (χ2v) is 2.86. The van der Waals surface area contributed by atoms with Crippen LogP contribution in [-0.4, -0.2) is 11.7 Å². The van der Waals surface area contributed by atoms with Gasteiger partial charge in [-0.25, -0.2) is 0 Å². The van der Waals surface area contributed by atoms with Gasteiger partial charge >= 0.3 is 0 Å². The molecule has 2 nitrogen and oxygen atoms in total. The molecule has 13 heavy (non-hydrogen) atoms. The molecule has 0 heterocycles. The summed E-state index contributed by atoms with van der Waals surface area (Å²) in [6.07, 6.45) is 0.660. The summed E-state index contributed by atoms with van der Waals surface area (Å²) < 4.78 is 0. The topological polar surface area (TPSA) is 46.2 Å². The molecule has 0 saturated heterocycles. The number of phenolic OH excluding ortho intramolecular Hbond substituents is 1. The van der Waals surface area contributed by atoms with Crippen LogP contribution in [0.2, 0.25) is 0 Å². The molecule has 0 aliphatic carbocycles. The van der Waals surface area contributed by atoms with Crippen LogP contribution in [0.1, 0.15) is 17.5 Å². The van der Waals surface area contributed by atoms with Crippen molar-refractivity contribution < 1.29 is 5.11 Å². The van der Waals surface area contributed by atoms with Crippen LogP contribution in [0.5, 0.6) is 5.75 Å². The van der Waals surface area contributed by atoms with E-state index in [-0.39, 0.29) is 5.75 Å². The molecule has 2 heteroatoms. The molecule has 3 N–H and O–H groups in total. The molecular weight excluding hydrogens is 162 g/mol. The third kappa shape index (κ3) is 2.81. The Morgan fingerprint density at radius 2 is 2.23 bits per heavy atom. The van der Waals surface area contributed by atoms with Gasteiger partial charge in [0.2, 0.25) is 0 Å². The van der Waals surface area contributed by atoms with Crippen LogP contribution in [0.3, 0.4) is 0 Å². The minimum absolute atomic E-state index is 0.240. The number of hydrogen-bond donors (Lipinski definition) is 2. The van der Waals surface area contributed by atoms with E-state index in [1.165, 1.54) is 0 Å². The maximum atomic E-state index is 9.46. The highest BCUT2D eigenvalue weighted by Gasteiger charge is 1.95. The van der Waals surface area contributed by atoms with Gasteiger partial charge in [0.15, 0.2) is 0 Å². The van der Waals surface area contributed by atoms with Crippen molar-refractivity contribution in [2.24, 2.45) is 5.73 Å². The second-order valence-electron chi connectivity index (χ2n) is 2.86. The quantitative estimate of drug-likeness (QED) is 0.634. The van der Waals surface area contributed by atoms with Gasteiger partial charge in [-0.15, -0.1) is 0 Å². The van der Waals surface area contributed by atoms with Crippen molar-refractivity contribution in [2.45, 2.75) is 13.3 Å². The van der Waals surface area contributed by atoms with Crippen LogP contribution in [0.25, 0.3) is 0 Å². The normalized spacial score (nSPS) is 9.08. The summed E-state index contributed by atoms with van der Waals surface area (Å²) in [5.41, 5.74) is 6.99. The zero-order valence-electron chi connectivity index (χ0n) is 7.67. The van der Waals surface area contributed by atoms with E-state index in [2.05, 4.69) is 11.8 Å². The lowest BCUT2D eigenvalue weighted by molar-refractivity contribution is 0.473. The maximum absolute atomic E-state index is 9.46. The summed E-state index contributed by atoms with van der Waals surface area (Å²) in [6.45, 7) is 2.48. The highest BCUT2D eigenvalue weighted by Crippen LogP contribution is 2.16. The number of aromatic hydroxyl groups is 1. The van der Waals surface area contributed by atoms with Gasteiger partial charge in [-0.3, -0.25) is 0 Å². The smallest absolute Gasteiger partial charge is 0.131 e. The highest BCUT2D eigenvalue weighted by molar-refractivity contribution is 5.46. The predicted octanol–water partition coefficient (Wildman–Crippen LogP) is 1.40. The van der Waals surface area contributed by atoms with E-state index in [1.54, 1.807) is 6.07 Å². The fourth-order valence-corrected chi connectivity index (χ4v) is 0.977. The van der Waals surface area contributed by atoms with Gasteiger partial charge in [-0.1, -0.05) is 17.9 Å². The number of hydrogen-bond acceptors (Lipinski definition) is 2. The van der Waals surface area contributed by atoms with Crippen LogP contribution in [-0.2, 0) is 0 Å². The van der Waals surface area contributed by atoms with Crippen molar-refractivity contribution in [3.8, 4) is 17.6 Å². The van der Waals surface area contributed by atoms with Gasteiger partial charge in [-0.05, 0) is 24.6 Å². The van der Waals surface area contributed by atoms with Crippen LogP contribution < -0.4 is 5.73 Å². The molecule has 0 saturated carbocycles. The molecule has 0 spiro atoms. The van der Waals surface area contributed by atoms with Crippen LogP contribution >= 0.6 is 0 Å². The number of rotatable bonds is 1. The van der Waals surface area contributed by atoms with Crippen molar-refractivity contribution >= 4 is 0 Å². The summed E-state index contributed by atoms with van der Waals surface area (Å²) >= 11 is 0. The van der Waals surface area contributed by atoms with Gasteiger partial charge in [0.05, 0.1) is 5.56 Å². The molecule has 0 aromatic heterocycles. The molecule has 0 aliphatic rings. The zero-order valence-corrected chi connectivity index (χ0v) is 7.67. The Balaban J connectivity index is 2.85. The minimum atomic E-state index is 0.240. The van der Waals surface area contributed by atoms with E-state index in [0.717, 1.165) is 5.56 Å². The molecule has 1 aromatic carbocycles. The third-order valence-electron chi connectivity index (χ3n) is 1.65. The number of aryl methyl sites for hydroxylation is 1. The molecule has 0 radical (unpaired) electrons. The van der Waals surface area contributed by atoms with Crippen molar-refractivity contribution in [2.75, 3.05) is 6.54 Å². The van der Waals surface area contributed by atoms with Gasteiger partial charge in [0, 0.05) is 13.0 Å². The summed E-state index contributed by atoms with van der Waals surface area (Å²) in [6, 6.07) is 5.44. The van der Waals surface area contributed by atoms with Gasteiger partial charge < -0.3 is 10.8 Å². The lowest BCUT2D eigenvalue weighted by Crippen LogP contribution is -1.95. The van der Waals surface area contributed by atoms with E-state index in [4.69, 9.17) is 5.73 Å². The van der Waals surface area contributed by atoms with Crippen molar-refractivity contribution in [1.29, 1.82) is 0 Å². The van der Waals surface area contributed by atoms with Crippen LogP contribution in [0.15, 0.2) is 18.2 Å². The molecule has 0 fully saturated rings. The molecule has 1 aromatic rings. The lowest BCUT2D eigenvalue weighted by Gasteiger charge is -1.97. The highest BCUT2D eigenvalue weighted by atomic mass is 16.3. The minimum Gasteiger partial charge on any atom is -0.507 e. The number of phenols is 1. The average molecular weight is 175 g/mol. The largest absolute Gasteiger partial charge is 0.507 e. The molecule has 0 unspecified atom stereocenters. The van der Waals surface area contributed by atoms with Crippen LogP contribution in [0, 0.1) is 18.8 Å². The van der Waals surface area contributed by atoms with Gasteiger partial charge in [0.1, 0.15) is 5.75 Å². The molecule has 68 valence electrons. The van der Waals surface area contributed by atoms with E-state index < -0.39 is 0 Å². The van der Waals surface area contributed by atoms with E-state index in [1.807, 2.05) is 19.1 Å². The van der Waals surface area contributed by atoms with Crippen LogP contribution in [0.4, 0.5) is 0 Å². The first-order valence-electron chi connectivity index (χ1n) is 4.22. The maximum Gasteiger partial charge on any atom is 0.131 e. The molecular formula is C11H13NO. The zero-order chi connectivity index (χ0) is 9.68.